The van der Waals surface area contributed by atoms with Gasteiger partial charge in [-0.25, -0.2) is 4.79 Å². The monoisotopic (exact) mass is 362 g/mol. The van der Waals surface area contributed by atoms with Crippen molar-refractivity contribution in [1.82, 2.24) is 0 Å². The minimum absolute atomic E-state index is 0.235. The van der Waals surface area contributed by atoms with Gasteiger partial charge in [0.25, 0.3) is 0 Å². The molecule has 0 saturated carbocycles. The lowest BCUT2D eigenvalue weighted by atomic mass is 10.1. The number of carbonyl (C=O) groups is 1. The molecule has 0 amide bonds. The van der Waals surface area contributed by atoms with Crippen LogP contribution in [0.5, 0.6) is 5.75 Å². The van der Waals surface area contributed by atoms with Crippen molar-refractivity contribution < 1.29 is 14.3 Å². The standard InChI is InChI=1S/C23H38O3/c1-3-5-7-9-11-13-19-25-22-17-15-21(16-18-22)23(24)26-20-14-12-10-8-6-4-2/h15-18H,3-14,19-20H2,1-2H3. The average molecular weight is 363 g/mol. The number of unbranched alkanes of at least 4 members (excludes halogenated alkanes) is 10. The minimum Gasteiger partial charge on any atom is -0.494 e. The van der Waals surface area contributed by atoms with Crippen LogP contribution < -0.4 is 4.74 Å². The highest BCUT2D eigenvalue weighted by atomic mass is 16.5. The Balaban J connectivity index is 2.12. The van der Waals surface area contributed by atoms with Crippen LogP contribution in [0.15, 0.2) is 24.3 Å². The molecule has 0 unspecified atom stereocenters. The van der Waals surface area contributed by atoms with Crippen molar-refractivity contribution in [3.05, 3.63) is 29.8 Å². The Morgan fingerprint density at radius 2 is 1.19 bits per heavy atom. The second-order valence-electron chi connectivity index (χ2n) is 7.04. The van der Waals surface area contributed by atoms with Gasteiger partial charge < -0.3 is 9.47 Å². The summed E-state index contributed by atoms with van der Waals surface area (Å²) in [6, 6.07) is 7.30. The molecule has 0 fully saturated rings. The van der Waals surface area contributed by atoms with Gasteiger partial charge in [0.05, 0.1) is 18.8 Å². The first kappa shape index (κ1) is 22.5. The van der Waals surface area contributed by atoms with Gasteiger partial charge in [0.1, 0.15) is 5.75 Å². The molecule has 0 N–H and O–H groups in total. The maximum atomic E-state index is 12.0. The molecule has 0 aliphatic carbocycles. The van der Waals surface area contributed by atoms with Crippen LogP contribution in [0.2, 0.25) is 0 Å². The van der Waals surface area contributed by atoms with Crippen molar-refractivity contribution in [2.24, 2.45) is 0 Å². The zero-order chi connectivity index (χ0) is 18.9. The zero-order valence-electron chi connectivity index (χ0n) is 16.9. The van der Waals surface area contributed by atoms with Crippen LogP contribution in [0.3, 0.4) is 0 Å². The van der Waals surface area contributed by atoms with E-state index in [9.17, 15) is 4.79 Å². The Morgan fingerprint density at radius 3 is 1.77 bits per heavy atom. The number of esters is 1. The molecule has 148 valence electrons. The third kappa shape index (κ3) is 11.2. The van der Waals surface area contributed by atoms with Gasteiger partial charge in [0, 0.05) is 0 Å². The molecule has 0 saturated heterocycles. The lowest BCUT2D eigenvalue weighted by Gasteiger charge is -2.08. The van der Waals surface area contributed by atoms with Gasteiger partial charge in [-0.2, -0.15) is 0 Å². The van der Waals surface area contributed by atoms with Crippen LogP contribution in [0.4, 0.5) is 0 Å². The highest BCUT2D eigenvalue weighted by Crippen LogP contribution is 2.14. The highest BCUT2D eigenvalue weighted by molar-refractivity contribution is 5.89. The van der Waals surface area contributed by atoms with Crippen molar-refractivity contribution in [1.29, 1.82) is 0 Å². The highest BCUT2D eigenvalue weighted by Gasteiger charge is 2.07. The molecule has 0 atom stereocenters. The van der Waals surface area contributed by atoms with E-state index in [1.165, 1.54) is 57.8 Å². The molecule has 1 aromatic carbocycles. The molecule has 0 heterocycles. The molecule has 1 rings (SSSR count). The third-order valence-electron chi connectivity index (χ3n) is 4.59. The molecule has 3 nitrogen and oxygen atoms in total. The van der Waals surface area contributed by atoms with Gasteiger partial charge in [0.2, 0.25) is 0 Å². The Morgan fingerprint density at radius 1 is 0.692 bits per heavy atom. The molecular formula is C23H38O3. The maximum Gasteiger partial charge on any atom is 0.338 e. The van der Waals surface area contributed by atoms with Crippen LogP contribution in [-0.4, -0.2) is 19.2 Å². The van der Waals surface area contributed by atoms with Crippen molar-refractivity contribution in [3.63, 3.8) is 0 Å². The number of rotatable bonds is 16. The van der Waals surface area contributed by atoms with Gasteiger partial charge in [-0.15, -0.1) is 0 Å². The van der Waals surface area contributed by atoms with Gasteiger partial charge in [-0.1, -0.05) is 78.1 Å². The molecule has 1 aromatic rings. The number of hydrogen-bond acceptors (Lipinski definition) is 3. The number of hydrogen-bond donors (Lipinski definition) is 0. The van der Waals surface area contributed by atoms with Crippen molar-refractivity contribution in [2.75, 3.05) is 13.2 Å². The number of benzene rings is 1. The van der Waals surface area contributed by atoms with Crippen molar-refractivity contribution >= 4 is 5.97 Å². The Kier molecular flexibility index (Phi) is 13.6. The SMILES string of the molecule is CCCCCCCCOC(=O)c1ccc(OCCCCCCCC)cc1. The summed E-state index contributed by atoms with van der Waals surface area (Å²) in [4.78, 5) is 12.0. The average Bonchev–Trinajstić information content (AvgIpc) is 2.67. The van der Waals surface area contributed by atoms with E-state index in [1.807, 2.05) is 12.1 Å². The Labute approximate surface area is 160 Å². The van der Waals surface area contributed by atoms with E-state index in [0.29, 0.717) is 12.2 Å². The molecule has 0 spiro atoms. The molecule has 0 aliphatic heterocycles. The summed E-state index contributed by atoms with van der Waals surface area (Å²) in [7, 11) is 0. The lowest BCUT2D eigenvalue weighted by Crippen LogP contribution is -2.06. The van der Waals surface area contributed by atoms with Crippen molar-refractivity contribution in [3.8, 4) is 5.75 Å². The smallest absolute Gasteiger partial charge is 0.338 e. The first-order valence-corrected chi connectivity index (χ1v) is 10.7. The summed E-state index contributed by atoms with van der Waals surface area (Å²) in [5.74, 6) is 0.590. The molecule has 0 radical (unpaired) electrons. The molecular weight excluding hydrogens is 324 g/mol. The molecule has 0 aliphatic rings. The zero-order valence-corrected chi connectivity index (χ0v) is 16.9. The van der Waals surface area contributed by atoms with Crippen molar-refractivity contribution in [2.45, 2.75) is 90.9 Å². The van der Waals surface area contributed by atoms with Gasteiger partial charge in [-0.3, -0.25) is 0 Å². The van der Waals surface area contributed by atoms with Crippen LogP contribution >= 0.6 is 0 Å². The lowest BCUT2D eigenvalue weighted by molar-refractivity contribution is 0.0497. The first-order chi connectivity index (χ1) is 12.8. The van der Waals surface area contributed by atoms with E-state index < -0.39 is 0 Å². The van der Waals surface area contributed by atoms with E-state index in [-0.39, 0.29) is 5.97 Å². The van der Waals surface area contributed by atoms with Crippen LogP contribution in [0, 0.1) is 0 Å². The van der Waals surface area contributed by atoms with Crippen LogP contribution in [-0.2, 0) is 4.74 Å². The third-order valence-corrected chi connectivity index (χ3v) is 4.59. The summed E-state index contributed by atoms with van der Waals surface area (Å²) >= 11 is 0. The van der Waals surface area contributed by atoms with Crippen LogP contribution in [0.25, 0.3) is 0 Å². The van der Waals surface area contributed by atoms with Gasteiger partial charge in [-0.05, 0) is 37.1 Å². The van der Waals surface area contributed by atoms with Gasteiger partial charge in [0.15, 0.2) is 0 Å². The van der Waals surface area contributed by atoms with Gasteiger partial charge >= 0.3 is 5.97 Å². The summed E-state index contributed by atoms with van der Waals surface area (Å²) in [6.07, 6.45) is 14.7. The fourth-order valence-corrected chi connectivity index (χ4v) is 2.89. The minimum atomic E-state index is -0.235. The molecule has 0 aromatic heterocycles. The Bertz CT molecular complexity index is 453. The second-order valence-corrected chi connectivity index (χ2v) is 7.04. The van der Waals surface area contributed by atoms with E-state index in [1.54, 1.807) is 12.1 Å². The maximum absolute atomic E-state index is 12.0. The summed E-state index contributed by atoms with van der Waals surface area (Å²) in [5, 5.41) is 0. The number of ether oxygens (including phenoxy) is 2. The summed E-state index contributed by atoms with van der Waals surface area (Å²) in [6.45, 7) is 5.71. The largest absolute Gasteiger partial charge is 0.494 e. The predicted octanol–water partition coefficient (Wildman–Crippen LogP) is 6.94. The van der Waals surface area contributed by atoms with E-state index in [0.717, 1.165) is 31.6 Å². The predicted molar refractivity (Wildman–Crippen MR) is 109 cm³/mol. The Hall–Kier alpha value is -1.51. The molecule has 0 bridgehead atoms. The fraction of sp³-hybridized carbons (Fsp3) is 0.696. The molecule has 3 heteroatoms. The topological polar surface area (TPSA) is 35.5 Å². The summed E-state index contributed by atoms with van der Waals surface area (Å²) in [5.41, 5.74) is 0.600. The second kappa shape index (κ2) is 15.7. The van der Waals surface area contributed by atoms with Crippen LogP contribution in [0.1, 0.15) is 101 Å². The molecule has 26 heavy (non-hydrogen) atoms. The normalized spacial score (nSPS) is 10.7. The van der Waals surface area contributed by atoms with E-state index in [4.69, 9.17) is 9.47 Å². The summed E-state index contributed by atoms with van der Waals surface area (Å²) < 4.78 is 11.1. The first-order valence-electron chi connectivity index (χ1n) is 10.7. The van der Waals surface area contributed by atoms with E-state index in [2.05, 4.69) is 13.8 Å². The quantitative estimate of drug-likeness (QED) is 0.236. The van der Waals surface area contributed by atoms with E-state index >= 15 is 0 Å². The fourth-order valence-electron chi connectivity index (χ4n) is 2.89. The number of carbonyl (C=O) groups excluding carboxylic acids is 1.